The molecule has 0 rings (SSSR count). The van der Waals surface area contributed by atoms with Crippen LogP contribution in [-0.4, -0.2) is 20.3 Å². The Morgan fingerprint density at radius 1 is 0.923 bits per heavy atom. The quantitative estimate of drug-likeness (QED) is 0.407. The van der Waals surface area contributed by atoms with Crippen molar-refractivity contribution in [1.82, 2.24) is 0 Å². The minimum absolute atomic E-state index is 0.856. The molecule has 78 valence electrons. The second kappa shape index (κ2) is 11.5. The van der Waals surface area contributed by atoms with E-state index in [9.17, 15) is 0 Å². The van der Waals surface area contributed by atoms with Crippen molar-refractivity contribution < 1.29 is 9.47 Å². The maximum Gasteiger partial charge on any atom is 0.0873 e. The topological polar surface area (TPSA) is 18.5 Å². The van der Waals surface area contributed by atoms with Crippen molar-refractivity contribution in [2.45, 2.75) is 39.0 Å². The Kier molecular flexibility index (Phi) is 11.1. The highest BCUT2D eigenvalue weighted by Crippen LogP contribution is 2.03. The van der Waals surface area contributed by atoms with Gasteiger partial charge < -0.3 is 9.47 Å². The van der Waals surface area contributed by atoms with E-state index in [2.05, 4.69) is 0 Å². The number of unbranched alkanes of at least 4 members (excludes halogenated alkanes) is 4. The van der Waals surface area contributed by atoms with Gasteiger partial charge in [-0.15, -0.1) is 0 Å². The first-order valence-corrected chi connectivity index (χ1v) is 5.13. The standard InChI is InChI=1S/C11H22O2/c1-3-9-13-11-8-6-4-5-7-10-12-2/h3,9H,4-8,10-11H2,1-2H3. The Morgan fingerprint density at radius 3 is 2.15 bits per heavy atom. The van der Waals surface area contributed by atoms with Gasteiger partial charge in [0.15, 0.2) is 0 Å². The molecule has 0 saturated heterocycles. The van der Waals surface area contributed by atoms with Crippen molar-refractivity contribution in [3.63, 3.8) is 0 Å². The van der Waals surface area contributed by atoms with E-state index in [4.69, 9.17) is 9.47 Å². The van der Waals surface area contributed by atoms with Crippen LogP contribution in [0.2, 0.25) is 0 Å². The first kappa shape index (κ1) is 12.5. The third-order valence-electron chi connectivity index (χ3n) is 1.84. The normalized spacial score (nSPS) is 10.9. The van der Waals surface area contributed by atoms with Crippen LogP contribution in [0.3, 0.4) is 0 Å². The Labute approximate surface area is 81.9 Å². The van der Waals surface area contributed by atoms with Crippen molar-refractivity contribution in [2.75, 3.05) is 20.3 Å². The fourth-order valence-corrected chi connectivity index (χ4v) is 1.13. The maximum atomic E-state index is 5.21. The molecule has 0 aromatic heterocycles. The van der Waals surface area contributed by atoms with Gasteiger partial charge in [0.2, 0.25) is 0 Å². The third-order valence-corrected chi connectivity index (χ3v) is 1.84. The largest absolute Gasteiger partial charge is 0.502 e. The molecule has 0 aromatic rings. The smallest absolute Gasteiger partial charge is 0.0873 e. The van der Waals surface area contributed by atoms with E-state index in [0.29, 0.717) is 0 Å². The molecule has 0 fully saturated rings. The van der Waals surface area contributed by atoms with Gasteiger partial charge in [0, 0.05) is 13.7 Å². The summed E-state index contributed by atoms with van der Waals surface area (Å²) < 4.78 is 10.2. The van der Waals surface area contributed by atoms with E-state index in [-0.39, 0.29) is 0 Å². The van der Waals surface area contributed by atoms with Crippen molar-refractivity contribution in [1.29, 1.82) is 0 Å². The predicted molar refractivity (Wildman–Crippen MR) is 55.7 cm³/mol. The molecule has 2 heteroatoms. The van der Waals surface area contributed by atoms with Crippen molar-refractivity contribution in [3.05, 3.63) is 12.3 Å². The van der Waals surface area contributed by atoms with Crippen LogP contribution in [0.4, 0.5) is 0 Å². The summed E-state index contributed by atoms with van der Waals surface area (Å²) in [6.07, 6.45) is 9.86. The summed E-state index contributed by atoms with van der Waals surface area (Å²) in [5.41, 5.74) is 0. The van der Waals surface area contributed by atoms with Crippen molar-refractivity contribution in [2.24, 2.45) is 0 Å². The van der Waals surface area contributed by atoms with Gasteiger partial charge in [-0.2, -0.15) is 0 Å². The highest BCUT2D eigenvalue weighted by molar-refractivity contribution is 4.64. The fourth-order valence-electron chi connectivity index (χ4n) is 1.13. The molecule has 0 aromatic carbocycles. The zero-order chi connectivity index (χ0) is 9.78. The van der Waals surface area contributed by atoms with E-state index in [1.165, 1.54) is 25.7 Å². The van der Waals surface area contributed by atoms with E-state index in [1.807, 2.05) is 13.0 Å². The molecule has 0 bridgehead atoms. The first-order valence-electron chi connectivity index (χ1n) is 5.13. The molecule has 0 heterocycles. The highest BCUT2D eigenvalue weighted by atomic mass is 16.5. The third kappa shape index (κ3) is 11.5. The number of hydrogen-bond donors (Lipinski definition) is 0. The minimum Gasteiger partial charge on any atom is -0.502 e. The summed E-state index contributed by atoms with van der Waals surface area (Å²) in [6.45, 7) is 3.72. The lowest BCUT2D eigenvalue weighted by atomic mass is 10.1. The SMILES string of the molecule is CC=COCCCCCCCOC. The molecule has 13 heavy (non-hydrogen) atoms. The molecule has 0 N–H and O–H groups in total. The molecule has 2 nitrogen and oxygen atoms in total. The number of hydrogen-bond acceptors (Lipinski definition) is 2. The van der Waals surface area contributed by atoms with E-state index in [0.717, 1.165) is 19.6 Å². The Morgan fingerprint density at radius 2 is 1.54 bits per heavy atom. The van der Waals surface area contributed by atoms with Gasteiger partial charge in [0.05, 0.1) is 12.9 Å². The monoisotopic (exact) mass is 186 g/mol. The first-order chi connectivity index (χ1) is 6.41. The molecule has 0 atom stereocenters. The molecular weight excluding hydrogens is 164 g/mol. The van der Waals surface area contributed by atoms with Gasteiger partial charge >= 0.3 is 0 Å². The molecule has 0 unspecified atom stereocenters. The zero-order valence-corrected chi connectivity index (χ0v) is 8.92. The Hall–Kier alpha value is -0.500. The summed E-state index contributed by atoms with van der Waals surface area (Å²) in [6, 6.07) is 0. The second-order valence-electron chi connectivity index (χ2n) is 3.10. The van der Waals surface area contributed by atoms with Crippen LogP contribution in [-0.2, 0) is 9.47 Å². The lowest BCUT2D eigenvalue weighted by molar-refractivity contribution is 0.191. The lowest BCUT2D eigenvalue weighted by Crippen LogP contribution is -1.90. The van der Waals surface area contributed by atoms with E-state index < -0.39 is 0 Å². The molecular formula is C11H22O2. The zero-order valence-electron chi connectivity index (χ0n) is 8.92. The summed E-state index contributed by atoms with van der Waals surface area (Å²) >= 11 is 0. The van der Waals surface area contributed by atoms with Gasteiger partial charge in [-0.05, 0) is 19.8 Å². The van der Waals surface area contributed by atoms with E-state index in [1.54, 1.807) is 13.4 Å². The highest BCUT2D eigenvalue weighted by Gasteiger charge is 1.89. The number of ether oxygens (including phenoxy) is 2. The van der Waals surface area contributed by atoms with Crippen molar-refractivity contribution >= 4 is 0 Å². The van der Waals surface area contributed by atoms with Gasteiger partial charge in [-0.25, -0.2) is 0 Å². The molecule has 0 amide bonds. The number of methoxy groups -OCH3 is 1. The van der Waals surface area contributed by atoms with Crippen LogP contribution in [0.15, 0.2) is 12.3 Å². The summed E-state index contributed by atoms with van der Waals surface area (Å²) in [4.78, 5) is 0. The van der Waals surface area contributed by atoms with Crippen molar-refractivity contribution in [3.8, 4) is 0 Å². The van der Waals surface area contributed by atoms with E-state index >= 15 is 0 Å². The predicted octanol–water partition coefficient (Wildman–Crippen LogP) is 3.13. The lowest BCUT2D eigenvalue weighted by Gasteiger charge is -2.01. The summed E-state index contributed by atoms with van der Waals surface area (Å²) in [5.74, 6) is 0. The van der Waals surface area contributed by atoms with Gasteiger partial charge in [-0.1, -0.05) is 25.3 Å². The fraction of sp³-hybridized carbons (Fsp3) is 0.818. The van der Waals surface area contributed by atoms with Crippen LogP contribution in [0.25, 0.3) is 0 Å². The van der Waals surface area contributed by atoms with Gasteiger partial charge in [0.1, 0.15) is 0 Å². The average molecular weight is 186 g/mol. The molecule has 0 aliphatic carbocycles. The summed E-state index contributed by atoms with van der Waals surface area (Å²) in [5, 5.41) is 0. The van der Waals surface area contributed by atoms with Crippen LogP contribution in [0.5, 0.6) is 0 Å². The van der Waals surface area contributed by atoms with Gasteiger partial charge in [-0.3, -0.25) is 0 Å². The molecule has 0 radical (unpaired) electrons. The average Bonchev–Trinajstić information content (AvgIpc) is 2.16. The Balaban J connectivity index is 2.83. The van der Waals surface area contributed by atoms with Crippen LogP contribution in [0.1, 0.15) is 39.0 Å². The van der Waals surface area contributed by atoms with Crippen LogP contribution < -0.4 is 0 Å². The minimum atomic E-state index is 0.856. The maximum absolute atomic E-state index is 5.21. The van der Waals surface area contributed by atoms with Gasteiger partial charge in [0.25, 0.3) is 0 Å². The summed E-state index contributed by atoms with van der Waals surface area (Å²) in [7, 11) is 1.75. The van der Waals surface area contributed by atoms with Crippen LogP contribution >= 0.6 is 0 Å². The van der Waals surface area contributed by atoms with Crippen LogP contribution in [0, 0.1) is 0 Å². The second-order valence-corrected chi connectivity index (χ2v) is 3.10. The molecule has 0 spiro atoms. The molecule has 0 saturated carbocycles. The Bertz CT molecular complexity index is 111. The molecule has 0 aliphatic rings. The molecule has 0 aliphatic heterocycles. The number of rotatable bonds is 9. The number of allylic oxidation sites excluding steroid dienone is 1.